The third-order valence-corrected chi connectivity index (χ3v) is 3.51. The maximum absolute atomic E-state index is 12.1. The molecule has 2 aliphatic rings. The number of hydrogen-bond donors (Lipinski definition) is 1. The molecule has 104 valence electrons. The number of amides is 1. The Hall–Kier alpha value is -0.780. The van der Waals surface area contributed by atoms with Crippen LogP contribution in [0.3, 0.4) is 0 Å². The van der Waals surface area contributed by atoms with E-state index in [1.807, 2.05) is 0 Å². The molecule has 1 unspecified atom stereocenters. The minimum atomic E-state index is -4.24. The summed E-state index contributed by atoms with van der Waals surface area (Å²) in [7, 11) is 0. The molecular formula is C12H19F3N2O. The first-order valence-electron chi connectivity index (χ1n) is 6.55. The van der Waals surface area contributed by atoms with Crippen molar-refractivity contribution in [3.05, 3.63) is 0 Å². The zero-order valence-corrected chi connectivity index (χ0v) is 10.3. The van der Waals surface area contributed by atoms with Crippen LogP contribution in [-0.4, -0.2) is 42.2 Å². The maximum Gasteiger partial charge on any atom is 0.389 e. The molecule has 1 amide bonds. The van der Waals surface area contributed by atoms with E-state index >= 15 is 0 Å². The largest absolute Gasteiger partial charge is 0.389 e. The lowest BCUT2D eigenvalue weighted by Crippen LogP contribution is -2.42. The highest BCUT2D eigenvalue weighted by Gasteiger charge is 2.36. The van der Waals surface area contributed by atoms with Crippen LogP contribution in [0.4, 0.5) is 13.2 Å². The SMILES string of the molecule is O=C(CCC(F)(F)F)N(CC1CCCN1)C1CC1. The molecule has 1 aliphatic heterocycles. The summed E-state index contributed by atoms with van der Waals surface area (Å²) in [6.07, 6.45) is -1.69. The summed E-state index contributed by atoms with van der Waals surface area (Å²) in [4.78, 5) is 13.5. The number of nitrogens with zero attached hydrogens (tertiary/aromatic N) is 1. The van der Waals surface area contributed by atoms with Crippen molar-refractivity contribution in [3.63, 3.8) is 0 Å². The van der Waals surface area contributed by atoms with Gasteiger partial charge in [-0.25, -0.2) is 0 Å². The molecule has 0 aromatic heterocycles. The maximum atomic E-state index is 12.1. The summed E-state index contributed by atoms with van der Waals surface area (Å²) >= 11 is 0. The number of carbonyl (C=O) groups is 1. The van der Waals surface area contributed by atoms with Gasteiger partial charge in [-0.05, 0) is 32.2 Å². The molecule has 2 fully saturated rings. The topological polar surface area (TPSA) is 32.3 Å². The number of halogens is 3. The van der Waals surface area contributed by atoms with Crippen molar-refractivity contribution in [2.75, 3.05) is 13.1 Å². The fourth-order valence-electron chi connectivity index (χ4n) is 2.38. The average molecular weight is 264 g/mol. The highest BCUT2D eigenvalue weighted by atomic mass is 19.4. The quantitative estimate of drug-likeness (QED) is 0.824. The lowest BCUT2D eigenvalue weighted by molar-refractivity contribution is -0.149. The molecule has 1 atom stereocenters. The summed E-state index contributed by atoms with van der Waals surface area (Å²) in [6, 6.07) is 0.452. The summed E-state index contributed by atoms with van der Waals surface area (Å²) in [6.45, 7) is 1.52. The normalized spacial score (nSPS) is 24.3. The first kappa shape index (κ1) is 13.6. The van der Waals surface area contributed by atoms with Crippen LogP contribution in [0.5, 0.6) is 0 Å². The van der Waals surface area contributed by atoms with E-state index in [-0.39, 0.29) is 18.0 Å². The Morgan fingerprint density at radius 2 is 2.00 bits per heavy atom. The zero-order valence-electron chi connectivity index (χ0n) is 10.3. The van der Waals surface area contributed by atoms with Crippen LogP contribution in [0.15, 0.2) is 0 Å². The second-order valence-corrected chi connectivity index (χ2v) is 5.19. The van der Waals surface area contributed by atoms with E-state index in [0.717, 1.165) is 32.2 Å². The predicted octanol–water partition coefficient (Wildman–Crippen LogP) is 2.07. The van der Waals surface area contributed by atoms with Gasteiger partial charge in [0.05, 0.1) is 6.42 Å². The lowest BCUT2D eigenvalue weighted by atomic mass is 10.2. The Morgan fingerprint density at radius 1 is 1.28 bits per heavy atom. The van der Waals surface area contributed by atoms with Gasteiger partial charge in [-0.3, -0.25) is 4.79 Å². The van der Waals surface area contributed by atoms with E-state index in [1.165, 1.54) is 0 Å². The van der Waals surface area contributed by atoms with Gasteiger partial charge in [-0.1, -0.05) is 0 Å². The van der Waals surface area contributed by atoms with Crippen molar-refractivity contribution in [1.29, 1.82) is 0 Å². The van der Waals surface area contributed by atoms with E-state index < -0.39 is 19.0 Å². The Kier molecular flexibility index (Phi) is 4.14. The van der Waals surface area contributed by atoms with Gasteiger partial charge >= 0.3 is 6.18 Å². The lowest BCUT2D eigenvalue weighted by Gasteiger charge is -2.26. The van der Waals surface area contributed by atoms with Crippen LogP contribution >= 0.6 is 0 Å². The number of hydrogen-bond acceptors (Lipinski definition) is 2. The molecule has 18 heavy (non-hydrogen) atoms. The van der Waals surface area contributed by atoms with Crippen molar-refractivity contribution in [1.82, 2.24) is 10.2 Å². The summed E-state index contributed by atoms with van der Waals surface area (Å²) in [5.41, 5.74) is 0. The zero-order chi connectivity index (χ0) is 13.2. The Balaban J connectivity index is 1.82. The monoisotopic (exact) mass is 264 g/mol. The smallest absolute Gasteiger partial charge is 0.338 e. The third kappa shape index (κ3) is 4.15. The van der Waals surface area contributed by atoms with Crippen LogP contribution in [0.2, 0.25) is 0 Å². The van der Waals surface area contributed by atoms with Crippen molar-refractivity contribution in [3.8, 4) is 0 Å². The second-order valence-electron chi connectivity index (χ2n) is 5.19. The van der Waals surface area contributed by atoms with Gasteiger partial charge in [-0.15, -0.1) is 0 Å². The van der Waals surface area contributed by atoms with Crippen LogP contribution < -0.4 is 5.32 Å². The molecule has 0 radical (unpaired) electrons. The van der Waals surface area contributed by atoms with Crippen LogP contribution in [0.25, 0.3) is 0 Å². The molecule has 6 heteroatoms. The van der Waals surface area contributed by atoms with Gasteiger partial charge in [0.15, 0.2) is 0 Å². The van der Waals surface area contributed by atoms with Crippen LogP contribution in [0.1, 0.15) is 38.5 Å². The fraction of sp³-hybridized carbons (Fsp3) is 0.917. The van der Waals surface area contributed by atoms with Gasteiger partial charge < -0.3 is 10.2 Å². The van der Waals surface area contributed by atoms with E-state index in [4.69, 9.17) is 0 Å². The molecule has 1 aliphatic carbocycles. The molecule has 1 heterocycles. The predicted molar refractivity (Wildman–Crippen MR) is 61.0 cm³/mol. The van der Waals surface area contributed by atoms with Crippen LogP contribution in [0, 0.1) is 0 Å². The second kappa shape index (κ2) is 5.47. The van der Waals surface area contributed by atoms with Gasteiger partial charge in [0.2, 0.25) is 5.91 Å². The summed E-state index contributed by atoms with van der Waals surface area (Å²) < 4.78 is 36.4. The van der Waals surface area contributed by atoms with Gasteiger partial charge in [0.1, 0.15) is 0 Å². The summed E-state index contributed by atoms with van der Waals surface area (Å²) in [5, 5.41) is 3.28. The number of rotatable bonds is 5. The molecule has 0 spiro atoms. The minimum absolute atomic E-state index is 0.188. The van der Waals surface area contributed by atoms with Crippen molar-refractivity contribution in [2.45, 2.75) is 56.8 Å². The summed E-state index contributed by atoms with van der Waals surface area (Å²) in [5.74, 6) is -0.344. The van der Waals surface area contributed by atoms with E-state index in [2.05, 4.69) is 5.32 Å². The molecule has 1 N–H and O–H groups in total. The van der Waals surface area contributed by atoms with Gasteiger partial charge in [-0.2, -0.15) is 13.2 Å². The Bertz CT molecular complexity index is 296. The van der Waals surface area contributed by atoms with Crippen LogP contribution in [-0.2, 0) is 4.79 Å². The molecular weight excluding hydrogens is 245 g/mol. The van der Waals surface area contributed by atoms with E-state index in [0.29, 0.717) is 6.54 Å². The highest BCUT2D eigenvalue weighted by Crippen LogP contribution is 2.30. The van der Waals surface area contributed by atoms with Gasteiger partial charge in [0.25, 0.3) is 0 Å². The molecule has 1 saturated carbocycles. The number of carbonyl (C=O) groups excluding carboxylic acids is 1. The molecule has 0 bridgehead atoms. The van der Waals surface area contributed by atoms with E-state index in [1.54, 1.807) is 4.90 Å². The van der Waals surface area contributed by atoms with Gasteiger partial charge in [0, 0.05) is 25.0 Å². The van der Waals surface area contributed by atoms with Crippen molar-refractivity contribution in [2.24, 2.45) is 0 Å². The molecule has 3 nitrogen and oxygen atoms in total. The molecule has 0 aromatic rings. The average Bonchev–Trinajstić information content (AvgIpc) is 2.99. The third-order valence-electron chi connectivity index (χ3n) is 3.51. The molecule has 1 saturated heterocycles. The Labute approximate surface area is 105 Å². The molecule has 0 aromatic carbocycles. The van der Waals surface area contributed by atoms with Crippen molar-refractivity contribution >= 4 is 5.91 Å². The van der Waals surface area contributed by atoms with E-state index in [9.17, 15) is 18.0 Å². The highest BCUT2D eigenvalue weighted by molar-refractivity contribution is 5.77. The standard InChI is InChI=1S/C12H19F3N2O/c13-12(14,15)6-5-11(18)17(10-3-4-10)8-9-2-1-7-16-9/h9-10,16H,1-8H2. The fourth-order valence-corrected chi connectivity index (χ4v) is 2.38. The number of nitrogens with one attached hydrogen (secondary N) is 1. The molecule has 2 rings (SSSR count). The minimum Gasteiger partial charge on any atom is -0.338 e. The Morgan fingerprint density at radius 3 is 2.50 bits per heavy atom. The number of alkyl halides is 3. The first-order chi connectivity index (χ1) is 8.46. The first-order valence-corrected chi connectivity index (χ1v) is 6.55. The van der Waals surface area contributed by atoms with Crippen molar-refractivity contribution < 1.29 is 18.0 Å².